The number of unbranched alkanes of at least 4 members (excludes halogenated alkanes) is 4. The minimum absolute atomic E-state index is 0.196. The van der Waals surface area contributed by atoms with Gasteiger partial charge in [0.05, 0.1) is 6.10 Å². The molecule has 0 aliphatic carbocycles. The highest BCUT2D eigenvalue weighted by atomic mass is 31.2. The number of hydrogen-bond acceptors (Lipinski definition) is 2. The van der Waals surface area contributed by atoms with Gasteiger partial charge in [0.25, 0.3) is 0 Å². The van der Waals surface area contributed by atoms with Crippen LogP contribution in [-0.2, 0) is 9.09 Å². The molecule has 134 valence electrons. The summed E-state index contributed by atoms with van der Waals surface area (Å²) < 4.78 is 16.2. The molecular formula is C17H37O4P. The maximum absolute atomic E-state index is 11.2. The zero-order valence-corrected chi connectivity index (χ0v) is 16.0. The van der Waals surface area contributed by atoms with E-state index in [0.717, 1.165) is 12.8 Å². The summed E-state index contributed by atoms with van der Waals surface area (Å²) in [5, 5.41) is 0. The quantitative estimate of drug-likeness (QED) is 0.342. The maximum atomic E-state index is 11.2. The first-order valence-corrected chi connectivity index (χ1v) is 10.5. The van der Waals surface area contributed by atoms with Gasteiger partial charge >= 0.3 is 7.82 Å². The fraction of sp³-hybridized carbons (Fsp3) is 1.00. The van der Waals surface area contributed by atoms with E-state index >= 15 is 0 Å². The second kappa shape index (κ2) is 11.6. The van der Waals surface area contributed by atoms with Crippen molar-refractivity contribution in [2.45, 2.75) is 92.1 Å². The molecule has 0 saturated heterocycles. The summed E-state index contributed by atoms with van der Waals surface area (Å²) in [5.41, 5.74) is 0. The summed E-state index contributed by atoms with van der Waals surface area (Å²) in [6.07, 6.45) is 8.97. The van der Waals surface area contributed by atoms with E-state index in [1.165, 1.54) is 38.5 Å². The zero-order chi connectivity index (χ0) is 17.2. The summed E-state index contributed by atoms with van der Waals surface area (Å²) in [5.74, 6) is 1.04. The highest BCUT2D eigenvalue weighted by Gasteiger charge is 2.33. The van der Waals surface area contributed by atoms with E-state index in [-0.39, 0.29) is 5.92 Å². The van der Waals surface area contributed by atoms with Crippen LogP contribution >= 0.6 is 7.82 Å². The summed E-state index contributed by atoms with van der Waals surface area (Å²) >= 11 is 0. The molecule has 0 spiro atoms. The van der Waals surface area contributed by atoms with Crippen LogP contribution in [0.15, 0.2) is 0 Å². The number of phosphoric ester groups is 1. The molecule has 0 amide bonds. The van der Waals surface area contributed by atoms with Crippen molar-refractivity contribution in [2.24, 2.45) is 17.8 Å². The molecule has 0 aliphatic heterocycles. The van der Waals surface area contributed by atoms with Gasteiger partial charge in [-0.05, 0) is 24.7 Å². The molecule has 0 fully saturated rings. The van der Waals surface area contributed by atoms with E-state index in [0.29, 0.717) is 11.8 Å². The second-order valence-corrected chi connectivity index (χ2v) is 8.02. The van der Waals surface area contributed by atoms with Gasteiger partial charge in [0, 0.05) is 0 Å². The van der Waals surface area contributed by atoms with E-state index in [2.05, 4.69) is 27.7 Å². The van der Waals surface area contributed by atoms with E-state index in [1.54, 1.807) is 0 Å². The van der Waals surface area contributed by atoms with Gasteiger partial charge in [-0.3, -0.25) is 4.52 Å². The molecule has 0 aromatic heterocycles. The van der Waals surface area contributed by atoms with Crippen LogP contribution in [0.1, 0.15) is 86.0 Å². The molecule has 0 aromatic carbocycles. The van der Waals surface area contributed by atoms with Crippen molar-refractivity contribution in [3.05, 3.63) is 0 Å². The van der Waals surface area contributed by atoms with Crippen molar-refractivity contribution in [3.63, 3.8) is 0 Å². The van der Waals surface area contributed by atoms with Crippen LogP contribution in [0.2, 0.25) is 0 Å². The first-order chi connectivity index (χ1) is 10.2. The Morgan fingerprint density at radius 3 is 1.59 bits per heavy atom. The standard InChI is InChI=1S/C17H37O4P/c1-6-8-10-12-14(3)17(15(4)13-11-9-7-2)16(5)21-22(18,19)20/h14-17H,6-13H2,1-5H3,(H2,18,19,20). The SMILES string of the molecule is CCCCCC(C)C(C(C)CCCCC)C(C)OP(=O)(O)O. The first kappa shape index (κ1) is 22.1. The minimum atomic E-state index is -4.42. The van der Waals surface area contributed by atoms with Gasteiger partial charge in [-0.25, -0.2) is 4.57 Å². The Balaban J connectivity index is 4.76. The molecular weight excluding hydrogens is 299 g/mol. The normalized spacial score (nSPS) is 18.0. The molecule has 0 saturated carbocycles. The predicted octanol–water partition coefficient (Wildman–Crippen LogP) is 5.53. The Bertz CT molecular complexity index is 300. The molecule has 3 unspecified atom stereocenters. The minimum Gasteiger partial charge on any atom is -0.303 e. The zero-order valence-electron chi connectivity index (χ0n) is 15.1. The average Bonchev–Trinajstić information content (AvgIpc) is 2.37. The van der Waals surface area contributed by atoms with Crippen molar-refractivity contribution in [1.29, 1.82) is 0 Å². The van der Waals surface area contributed by atoms with E-state index < -0.39 is 13.9 Å². The van der Waals surface area contributed by atoms with Gasteiger partial charge in [-0.2, -0.15) is 0 Å². The van der Waals surface area contributed by atoms with E-state index in [1.807, 2.05) is 6.92 Å². The Kier molecular flexibility index (Phi) is 11.7. The van der Waals surface area contributed by atoms with Crippen molar-refractivity contribution >= 4 is 7.82 Å². The molecule has 4 nitrogen and oxygen atoms in total. The maximum Gasteiger partial charge on any atom is 0.469 e. The number of hydrogen-bond donors (Lipinski definition) is 2. The Hall–Kier alpha value is 0.110. The smallest absolute Gasteiger partial charge is 0.303 e. The summed E-state index contributed by atoms with van der Waals surface area (Å²) in [6.45, 7) is 10.6. The van der Waals surface area contributed by atoms with Crippen LogP contribution in [0.4, 0.5) is 0 Å². The van der Waals surface area contributed by atoms with Crippen LogP contribution in [0.25, 0.3) is 0 Å². The fourth-order valence-electron chi connectivity index (χ4n) is 3.59. The van der Waals surface area contributed by atoms with Crippen molar-refractivity contribution in [1.82, 2.24) is 0 Å². The second-order valence-electron chi connectivity index (χ2n) is 6.82. The molecule has 0 aromatic rings. The predicted molar refractivity (Wildman–Crippen MR) is 92.7 cm³/mol. The van der Waals surface area contributed by atoms with Crippen LogP contribution in [0, 0.1) is 17.8 Å². The summed E-state index contributed by atoms with van der Waals surface area (Å²) in [7, 11) is -4.42. The van der Waals surface area contributed by atoms with Gasteiger partial charge < -0.3 is 9.79 Å². The van der Waals surface area contributed by atoms with Gasteiger partial charge in [-0.1, -0.05) is 79.1 Å². The fourth-order valence-corrected chi connectivity index (χ4v) is 4.16. The lowest BCUT2D eigenvalue weighted by Gasteiger charge is -2.34. The van der Waals surface area contributed by atoms with Crippen molar-refractivity contribution < 1.29 is 18.9 Å². The monoisotopic (exact) mass is 336 g/mol. The third kappa shape index (κ3) is 9.99. The molecule has 2 N–H and O–H groups in total. The largest absolute Gasteiger partial charge is 0.469 e. The molecule has 3 atom stereocenters. The highest BCUT2D eigenvalue weighted by Crippen LogP contribution is 2.43. The number of phosphoric acid groups is 1. The Labute approximate surface area is 137 Å². The third-order valence-corrected chi connectivity index (χ3v) is 5.29. The lowest BCUT2D eigenvalue weighted by molar-refractivity contribution is 0.0438. The van der Waals surface area contributed by atoms with Crippen LogP contribution in [0.5, 0.6) is 0 Å². The molecule has 0 radical (unpaired) electrons. The highest BCUT2D eigenvalue weighted by molar-refractivity contribution is 7.46. The first-order valence-electron chi connectivity index (χ1n) is 8.96. The summed E-state index contributed by atoms with van der Waals surface area (Å²) in [6, 6.07) is 0. The van der Waals surface area contributed by atoms with Gasteiger partial charge in [0.2, 0.25) is 0 Å². The van der Waals surface area contributed by atoms with Crippen molar-refractivity contribution in [2.75, 3.05) is 0 Å². The Morgan fingerprint density at radius 1 is 0.864 bits per heavy atom. The van der Waals surface area contributed by atoms with Crippen LogP contribution in [-0.4, -0.2) is 15.9 Å². The third-order valence-electron chi connectivity index (χ3n) is 4.69. The topological polar surface area (TPSA) is 66.8 Å². The van der Waals surface area contributed by atoms with Crippen LogP contribution in [0.3, 0.4) is 0 Å². The van der Waals surface area contributed by atoms with Crippen molar-refractivity contribution in [3.8, 4) is 0 Å². The van der Waals surface area contributed by atoms with E-state index in [4.69, 9.17) is 14.3 Å². The van der Waals surface area contributed by atoms with Gasteiger partial charge in [0.1, 0.15) is 0 Å². The molecule has 0 aliphatic rings. The molecule has 0 bridgehead atoms. The van der Waals surface area contributed by atoms with E-state index in [9.17, 15) is 4.57 Å². The average molecular weight is 336 g/mol. The lowest BCUT2D eigenvalue weighted by Crippen LogP contribution is -2.32. The Morgan fingerprint density at radius 2 is 1.27 bits per heavy atom. The lowest BCUT2D eigenvalue weighted by atomic mass is 9.76. The van der Waals surface area contributed by atoms with Gasteiger partial charge in [-0.15, -0.1) is 0 Å². The molecule has 22 heavy (non-hydrogen) atoms. The number of rotatable bonds is 13. The molecule has 0 rings (SSSR count). The van der Waals surface area contributed by atoms with Crippen LogP contribution < -0.4 is 0 Å². The molecule has 5 heteroatoms. The summed E-state index contributed by atoms with van der Waals surface area (Å²) in [4.78, 5) is 18.2. The molecule has 0 heterocycles. The van der Waals surface area contributed by atoms with Gasteiger partial charge in [0.15, 0.2) is 0 Å².